The van der Waals surface area contributed by atoms with Crippen LogP contribution in [0.3, 0.4) is 0 Å². The van der Waals surface area contributed by atoms with Gasteiger partial charge in [-0.3, -0.25) is 0 Å². The molecule has 0 amide bonds. The van der Waals surface area contributed by atoms with Crippen LogP contribution >= 0.6 is 0 Å². The van der Waals surface area contributed by atoms with Gasteiger partial charge in [0.1, 0.15) is 0 Å². The molecule has 21 heavy (non-hydrogen) atoms. The van der Waals surface area contributed by atoms with Crippen molar-refractivity contribution >= 4 is 0 Å². The van der Waals surface area contributed by atoms with Gasteiger partial charge in [0, 0.05) is 20.3 Å². The van der Waals surface area contributed by atoms with Gasteiger partial charge in [-0.1, -0.05) is 19.3 Å². The number of aliphatic hydroxyl groups is 1. The Morgan fingerprint density at radius 1 is 1.10 bits per heavy atom. The monoisotopic (exact) mass is 303 g/mol. The van der Waals surface area contributed by atoms with Crippen molar-refractivity contribution in [1.82, 2.24) is 5.32 Å². The molecule has 0 saturated heterocycles. The summed E-state index contributed by atoms with van der Waals surface area (Å²) in [5.41, 5.74) is 0. The van der Waals surface area contributed by atoms with Crippen LogP contribution in [0.15, 0.2) is 0 Å². The molecule has 0 radical (unpaired) electrons. The van der Waals surface area contributed by atoms with Gasteiger partial charge in [0.25, 0.3) is 0 Å². The van der Waals surface area contributed by atoms with Gasteiger partial charge in [0.05, 0.1) is 32.0 Å². The van der Waals surface area contributed by atoms with Crippen LogP contribution in [0.25, 0.3) is 0 Å². The van der Waals surface area contributed by atoms with Crippen molar-refractivity contribution in [2.45, 2.75) is 57.2 Å². The molecule has 1 atom stereocenters. The Labute approximate surface area is 129 Å². The molecule has 2 N–H and O–H groups in total. The van der Waals surface area contributed by atoms with E-state index in [1.54, 1.807) is 7.11 Å². The fraction of sp³-hybridized carbons (Fsp3) is 1.00. The third kappa shape index (κ3) is 11.1. The number of aliphatic hydroxyl groups excluding tert-OH is 1. The van der Waals surface area contributed by atoms with Crippen molar-refractivity contribution in [1.29, 1.82) is 0 Å². The maximum Gasteiger partial charge on any atom is 0.0897 e. The summed E-state index contributed by atoms with van der Waals surface area (Å²) in [6, 6.07) is 0. The lowest BCUT2D eigenvalue weighted by molar-refractivity contribution is -0.0229. The molecule has 5 heteroatoms. The van der Waals surface area contributed by atoms with Crippen LogP contribution < -0.4 is 5.32 Å². The predicted octanol–water partition coefficient (Wildman–Crippen LogP) is 1.73. The van der Waals surface area contributed by atoms with Crippen molar-refractivity contribution < 1.29 is 19.3 Å². The molecule has 1 fully saturated rings. The van der Waals surface area contributed by atoms with Crippen molar-refractivity contribution in [3.63, 3.8) is 0 Å². The molecule has 1 aliphatic rings. The molecule has 0 aliphatic heterocycles. The first kappa shape index (κ1) is 18.8. The molecule has 1 rings (SSSR count). The smallest absolute Gasteiger partial charge is 0.0897 e. The normalized spacial score (nSPS) is 18.0. The van der Waals surface area contributed by atoms with E-state index < -0.39 is 6.10 Å². The number of hydrogen-bond acceptors (Lipinski definition) is 5. The molecule has 0 bridgehead atoms. The highest BCUT2D eigenvalue weighted by molar-refractivity contribution is 4.67. The molecular formula is C16H33NO4. The Kier molecular flexibility index (Phi) is 12.1. The van der Waals surface area contributed by atoms with Gasteiger partial charge in [-0.25, -0.2) is 0 Å². The first-order valence-corrected chi connectivity index (χ1v) is 8.40. The lowest BCUT2D eigenvalue weighted by atomic mass is 9.98. The van der Waals surface area contributed by atoms with E-state index in [-0.39, 0.29) is 0 Å². The van der Waals surface area contributed by atoms with Crippen LogP contribution in [0.2, 0.25) is 0 Å². The van der Waals surface area contributed by atoms with E-state index in [4.69, 9.17) is 14.2 Å². The molecular weight excluding hydrogens is 270 g/mol. The summed E-state index contributed by atoms with van der Waals surface area (Å²) in [4.78, 5) is 0. The Morgan fingerprint density at radius 3 is 2.67 bits per heavy atom. The molecule has 0 aromatic heterocycles. The standard InChI is InChI=1S/C16H33NO4/c1-19-11-12-20-10-6-5-9-17-13-15(18)14-21-16-7-3-2-4-8-16/h15-18H,2-14H2,1H3. The molecule has 0 spiro atoms. The van der Waals surface area contributed by atoms with Crippen molar-refractivity contribution in [2.75, 3.05) is 46.6 Å². The Balaban J connectivity index is 1.81. The Morgan fingerprint density at radius 2 is 1.90 bits per heavy atom. The van der Waals surface area contributed by atoms with Gasteiger partial charge in [-0.05, 0) is 32.2 Å². The lowest BCUT2D eigenvalue weighted by Gasteiger charge is -2.23. The second-order valence-corrected chi connectivity index (χ2v) is 5.76. The van der Waals surface area contributed by atoms with Gasteiger partial charge in [-0.2, -0.15) is 0 Å². The molecule has 1 saturated carbocycles. The zero-order valence-electron chi connectivity index (χ0n) is 13.5. The fourth-order valence-corrected chi connectivity index (χ4v) is 2.50. The lowest BCUT2D eigenvalue weighted by Crippen LogP contribution is -2.33. The third-order valence-electron chi connectivity index (χ3n) is 3.78. The molecule has 0 aromatic rings. The van der Waals surface area contributed by atoms with Crippen LogP contribution in [0.1, 0.15) is 44.9 Å². The van der Waals surface area contributed by atoms with Crippen LogP contribution in [0.5, 0.6) is 0 Å². The van der Waals surface area contributed by atoms with Gasteiger partial charge in [0.15, 0.2) is 0 Å². The summed E-state index contributed by atoms with van der Waals surface area (Å²) in [5, 5.41) is 13.1. The van der Waals surface area contributed by atoms with Crippen LogP contribution in [0, 0.1) is 0 Å². The second kappa shape index (κ2) is 13.5. The summed E-state index contributed by atoms with van der Waals surface area (Å²) in [6.07, 6.45) is 8.25. The molecule has 0 heterocycles. The zero-order chi connectivity index (χ0) is 15.2. The Bertz CT molecular complexity index is 222. The van der Waals surface area contributed by atoms with E-state index in [0.29, 0.717) is 32.5 Å². The minimum atomic E-state index is -0.398. The summed E-state index contributed by atoms with van der Waals surface area (Å²) in [7, 11) is 1.68. The summed E-state index contributed by atoms with van der Waals surface area (Å²) in [5.74, 6) is 0. The number of methoxy groups -OCH3 is 1. The van der Waals surface area contributed by atoms with Gasteiger partial charge >= 0.3 is 0 Å². The van der Waals surface area contributed by atoms with Crippen LogP contribution in [-0.2, 0) is 14.2 Å². The average Bonchev–Trinajstić information content (AvgIpc) is 2.52. The van der Waals surface area contributed by atoms with E-state index in [9.17, 15) is 5.11 Å². The molecule has 5 nitrogen and oxygen atoms in total. The number of hydrogen-bond donors (Lipinski definition) is 2. The fourth-order valence-electron chi connectivity index (χ4n) is 2.50. The van der Waals surface area contributed by atoms with Crippen LogP contribution in [-0.4, -0.2) is 63.9 Å². The predicted molar refractivity (Wildman–Crippen MR) is 83.6 cm³/mol. The topological polar surface area (TPSA) is 60.0 Å². The van der Waals surface area contributed by atoms with Gasteiger partial charge in [0.2, 0.25) is 0 Å². The quantitative estimate of drug-likeness (QED) is 0.507. The molecule has 126 valence electrons. The highest BCUT2D eigenvalue weighted by Crippen LogP contribution is 2.20. The number of nitrogens with one attached hydrogen (secondary N) is 1. The van der Waals surface area contributed by atoms with Crippen molar-refractivity contribution in [3.05, 3.63) is 0 Å². The molecule has 0 aromatic carbocycles. The van der Waals surface area contributed by atoms with Crippen LogP contribution in [0.4, 0.5) is 0 Å². The third-order valence-corrected chi connectivity index (χ3v) is 3.78. The number of rotatable bonds is 13. The number of unbranched alkanes of at least 4 members (excludes halogenated alkanes) is 1. The summed E-state index contributed by atoms with van der Waals surface area (Å²) < 4.78 is 16.0. The minimum absolute atomic E-state index is 0.373. The van der Waals surface area contributed by atoms with E-state index in [1.165, 1.54) is 19.3 Å². The van der Waals surface area contributed by atoms with E-state index in [1.807, 2.05) is 0 Å². The molecule has 1 aliphatic carbocycles. The zero-order valence-corrected chi connectivity index (χ0v) is 13.5. The highest BCUT2D eigenvalue weighted by atomic mass is 16.5. The highest BCUT2D eigenvalue weighted by Gasteiger charge is 2.15. The van der Waals surface area contributed by atoms with Crippen molar-refractivity contribution in [2.24, 2.45) is 0 Å². The average molecular weight is 303 g/mol. The first-order chi connectivity index (χ1) is 10.3. The summed E-state index contributed by atoms with van der Waals surface area (Å²) in [6.45, 7) is 4.08. The second-order valence-electron chi connectivity index (χ2n) is 5.76. The SMILES string of the molecule is COCCOCCCCNCC(O)COC1CCCCC1. The minimum Gasteiger partial charge on any atom is -0.389 e. The van der Waals surface area contributed by atoms with Gasteiger partial charge < -0.3 is 24.6 Å². The Hall–Kier alpha value is -0.200. The van der Waals surface area contributed by atoms with Gasteiger partial charge in [-0.15, -0.1) is 0 Å². The van der Waals surface area contributed by atoms with Crippen molar-refractivity contribution in [3.8, 4) is 0 Å². The number of ether oxygens (including phenoxy) is 3. The maximum absolute atomic E-state index is 9.85. The molecule has 1 unspecified atom stereocenters. The largest absolute Gasteiger partial charge is 0.389 e. The maximum atomic E-state index is 9.85. The summed E-state index contributed by atoms with van der Waals surface area (Å²) >= 11 is 0. The van der Waals surface area contributed by atoms with E-state index in [2.05, 4.69) is 5.32 Å². The van der Waals surface area contributed by atoms with E-state index in [0.717, 1.165) is 38.8 Å². The van der Waals surface area contributed by atoms with E-state index >= 15 is 0 Å². The first-order valence-electron chi connectivity index (χ1n) is 8.40.